The first-order valence-corrected chi connectivity index (χ1v) is 12.0. The number of amides is 1. The monoisotopic (exact) mass is 454 g/mol. The molecule has 5 rings (SSSR count). The fourth-order valence-electron chi connectivity index (χ4n) is 4.58. The molecule has 0 aliphatic heterocycles. The number of fused-ring (bicyclic) bond motifs is 2. The van der Waals surface area contributed by atoms with Crippen molar-refractivity contribution in [3.05, 3.63) is 65.2 Å². The number of nitrogens with two attached hydrogens (primary N) is 1. The Morgan fingerprint density at radius 3 is 2.41 bits per heavy atom. The molecule has 0 atom stereocenters. The number of carbonyl (C=O) groups is 1. The van der Waals surface area contributed by atoms with Crippen LogP contribution in [0.25, 0.3) is 22.2 Å². The molecule has 1 fully saturated rings. The Labute approximate surface area is 199 Å². The van der Waals surface area contributed by atoms with E-state index in [9.17, 15) is 4.79 Å². The van der Waals surface area contributed by atoms with Crippen LogP contribution in [0.1, 0.15) is 73.4 Å². The van der Waals surface area contributed by atoms with E-state index in [2.05, 4.69) is 36.4 Å². The molecule has 2 aromatic heterocycles. The number of benzene rings is 2. The molecule has 3 N–H and O–H groups in total. The number of carbonyl (C=O) groups excluding carboxylic acids is 1. The van der Waals surface area contributed by atoms with Crippen molar-refractivity contribution < 1.29 is 4.79 Å². The van der Waals surface area contributed by atoms with Crippen molar-refractivity contribution >= 4 is 40.1 Å². The molecule has 0 spiro atoms. The zero-order valence-electron chi connectivity index (χ0n) is 19.7. The van der Waals surface area contributed by atoms with Crippen LogP contribution in [0.5, 0.6) is 0 Å². The summed E-state index contributed by atoms with van der Waals surface area (Å²) in [6, 6.07) is 16.0. The van der Waals surface area contributed by atoms with Gasteiger partial charge in [-0.05, 0) is 42.0 Å². The van der Waals surface area contributed by atoms with Gasteiger partial charge in [-0.3, -0.25) is 4.79 Å². The van der Waals surface area contributed by atoms with Gasteiger partial charge in [0.15, 0.2) is 5.65 Å². The number of hydrogen-bond acceptors (Lipinski definition) is 5. The number of hydrogen-bond donors (Lipinski definition) is 2. The summed E-state index contributed by atoms with van der Waals surface area (Å²) in [5, 5.41) is 7.79. The lowest BCUT2D eigenvalue weighted by Crippen LogP contribution is -2.36. The summed E-state index contributed by atoms with van der Waals surface area (Å²) in [5.74, 6) is 0.492. The minimum Gasteiger partial charge on any atom is -0.383 e. The van der Waals surface area contributed by atoms with Crippen LogP contribution >= 0.6 is 0 Å². The van der Waals surface area contributed by atoms with E-state index in [1.807, 2.05) is 36.4 Å². The predicted octanol–water partition coefficient (Wildman–Crippen LogP) is 5.23. The molecule has 2 heterocycles. The van der Waals surface area contributed by atoms with Crippen LogP contribution in [0.15, 0.2) is 53.6 Å². The molecule has 0 radical (unpaired) electrons. The summed E-state index contributed by atoms with van der Waals surface area (Å²) < 4.78 is 1.53. The van der Waals surface area contributed by atoms with E-state index >= 15 is 0 Å². The zero-order valence-corrected chi connectivity index (χ0v) is 19.7. The summed E-state index contributed by atoms with van der Waals surface area (Å²) in [6.07, 6.45) is 7.20. The third-order valence-electron chi connectivity index (χ3n) is 6.57. The number of nitrogens with zero attached hydrogens (tertiary/aromatic N) is 4. The van der Waals surface area contributed by atoms with Crippen molar-refractivity contribution in [2.45, 2.75) is 57.9 Å². The minimum atomic E-state index is -0.214. The third-order valence-corrected chi connectivity index (χ3v) is 6.57. The maximum atomic E-state index is 13.3. The Bertz CT molecular complexity index is 1360. The van der Waals surface area contributed by atoms with Gasteiger partial charge in [-0.25, -0.2) is 9.97 Å². The number of nitrogens with one attached hydrogen (secondary N) is 1. The highest BCUT2D eigenvalue weighted by Gasteiger charge is 2.26. The molecule has 1 aliphatic carbocycles. The van der Waals surface area contributed by atoms with Gasteiger partial charge in [0.05, 0.1) is 17.2 Å². The molecule has 4 aromatic rings. The summed E-state index contributed by atoms with van der Waals surface area (Å²) in [7, 11) is 0. The first kappa shape index (κ1) is 22.1. The van der Waals surface area contributed by atoms with Crippen LogP contribution in [-0.2, 0) is 0 Å². The summed E-state index contributed by atoms with van der Waals surface area (Å²) >= 11 is 0. The van der Waals surface area contributed by atoms with Crippen molar-refractivity contribution in [1.82, 2.24) is 20.0 Å². The molecular formula is C27H30N6O. The van der Waals surface area contributed by atoms with Gasteiger partial charge in [-0.1, -0.05) is 69.5 Å². The molecule has 0 saturated heterocycles. The van der Waals surface area contributed by atoms with Gasteiger partial charge >= 0.3 is 0 Å². The van der Waals surface area contributed by atoms with Gasteiger partial charge in [-0.15, -0.1) is 0 Å². The van der Waals surface area contributed by atoms with Gasteiger partial charge in [0.1, 0.15) is 16.9 Å². The molecule has 7 heteroatoms. The van der Waals surface area contributed by atoms with Gasteiger partial charge < -0.3 is 11.1 Å². The second kappa shape index (κ2) is 9.25. The molecule has 2 aromatic carbocycles. The van der Waals surface area contributed by atoms with Crippen LogP contribution in [0, 0.1) is 0 Å². The molecule has 0 bridgehead atoms. The van der Waals surface area contributed by atoms with E-state index in [4.69, 9.17) is 15.7 Å². The second-order valence-electron chi connectivity index (χ2n) is 9.33. The average molecular weight is 455 g/mol. The molecule has 1 aliphatic rings. The highest BCUT2D eigenvalue weighted by Crippen LogP contribution is 2.28. The molecule has 0 unspecified atom stereocenters. The van der Waals surface area contributed by atoms with Crippen LogP contribution < -0.4 is 11.1 Å². The van der Waals surface area contributed by atoms with Gasteiger partial charge in [-0.2, -0.15) is 9.78 Å². The minimum absolute atomic E-state index is 0.162. The van der Waals surface area contributed by atoms with E-state index in [1.165, 1.54) is 16.7 Å². The lowest BCUT2D eigenvalue weighted by Gasteiger charge is -2.22. The van der Waals surface area contributed by atoms with Crippen molar-refractivity contribution in [1.29, 1.82) is 0 Å². The van der Waals surface area contributed by atoms with Crippen LogP contribution in [-0.4, -0.2) is 32.8 Å². The summed E-state index contributed by atoms with van der Waals surface area (Å²) in [6.45, 7) is 4.33. The van der Waals surface area contributed by atoms with E-state index in [0.29, 0.717) is 28.2 Å². The maximum absolute atomic E-state index is 13.3. The smallest absolute Gasteiger partial charge is 0.257 e. The van der Waals surface area contributed by atoms with E-state index in [1.54, 1.807) is 6.21 Å². The normalized spacial score (nSPS) is 15.0. The lowest BCUT2D eigenvalue weighted by molar-refractivity contribution is 0.0930. The van der Waals surface area contributed by atoms with E-state index in [0.717, 1.165) is 36.8 Å². The fraction of sp³-hybridized carbons (Fsp3) is 0.333. The number of nitrogen functional groups attached to an aromatic ring is 1. The quantitative estimate of drug-likeness (QED) is 0.403. The van der Waals surface area contributed by atoms with Crippen LogP contribution in [0.2, 0.25) is 0 Å². The third kappa shape index (κ3) is 4.25. The van der Waals surface area contributed by atoms with Crippen molar-refractivity contribution in [2.24, 2.45) is 5.10 Å². The molecular weight excluding hydrogens is 424 g/mol. The largest absolute Gasteiger partial charge is 0.383 e. The molecule has 7 nitrogen and oxygen atoms in total. The molecule has 34 heavy (non-hydrogen) atoms. The first-order valence-electron chi connectivity index (χ1n) is 12.0. The second-order valence-corrected chi connectivity index (χ2v) is 9.33. The Hall–Kier alpha value is -3.74. The Morgan fingerprint density at radius 1 is 1.06 bits per heavy atom. The summed E-state index contributed by atoms with van der Waals surface area (Å²) in [5.41, 5.74) is 11.4. The van der Waals surface area contributed by atoms with Crippen LogP contribution in [0.4, 0.5) is 5.82 Å². The molecule has 174 valence electrons. The van der Waals surface area contributed by atoms with Crippen molar-refractivity contribution in [3.63, 3.8) is 0 Å². The number of anilines is 1. The number of aromatic nitrogens is 3. The highest BCUT2D eigenvalue weighted by atomic mass is 16.1. The highest BCUT2D eigenvalue weighted by molar-refractivity contribution is 6.10. The standard InChI is InChI=1S/C27H30N6O/c1-17(2)19-14-12-18(13-15-19)16-29-33-25(28)23(27(34)30-20-8-4-3-5-9-20)24-26(33)32-22-11-7-6-10-21(22)31-24/h6-7,10-17,20H,3-5,8-9,28H2,1-2H3,(H,30,34)/b29-16+. The maximum Gasteiger partial charge on any atom is 0.257 e. The van der Waals surface area contributed by atoms with Crippen molar-refractivity contribution in [2.75, 3.05) is 5.73 Å². The van der Waals surface area contributed by atoms with Gasteiger partial charge in [0.25, 0.3) is 5.91 Å². The number of rotatable bonds is 5. The lowest BCUT2D eigenvalue weighted by atomic mass is 9.95. The zero-order chi connectivity index (χ0) is 23.7. The number of para-hydroxylation sites is 2. The molecule has 1 amide bonds. The molecule has 1 saturated carbocycles. The Balaban J connectivity index is 1.58. The van der Waals surface area contributed by atoms with E-state index < -0.39 is 0 Å². The Kier molecular flexibility index (Phi) is 6.01. The average Bonchev–Trinajstić information content (AvgIpc) is 3.12. The Morgan fingerprint density at radius 2 is 1.74 bits per heavy atom. The van der Waals surface area contributed by atoms with Gasteiger partial charge in [0, 0.05) is 6.04 Å². The van der Waals surface area contributed by atoms with Crippen molar-refractivity contribution in [3.8, 4) is 0 Å². The SMILES string of the molecule is CC(C)c1ccc(/C=N/n2c(N)c(C(=O)NC3CCCCC3)c3nc4ccccc4nc32)cc1. The first-order chi connectivity index (χ1) is 16.5. The predicted molar refractivity (Wildman–Crippen MR) is 137 cm³/mol. The fourth-order valence-corrected chi connectivity index (χ4v) is 4.58. The summed E-state index contributed by atoms with van der Waals surface area (Å²) in [4.78, 5) is 22.9. The van der Waals surface area contributed by atoms with Gasteiger partial charge in [0.2, 0.25) is 0 Å². The van der Waals surface area contributed by atoms with E-state index in [-0.39, 0.29) is 17.8 Å². The topological polar surface area (TPSA) is 98.2 Å². The van der Waals surface area contributed by atoms with Crippen LogP contribution in [0.3, 0.4) is 0 Å².